The van der Waals surface area contributed by atoms with Gasteiger partial charge in [-0.05, 0) is 53.4 Å². The molecule has 4 aromatic carbocycles. The van der Waals surface area contributed by atoms with E-state index in [1.54, 1.807) is 67.7 Å². The van der Waals surface area contributed by atoms with Gasteiger partial charge < -0.3 is 19.1 Å². The van der Waals surface area contributed by atoms with E-state index in [0.29, 0.717) is 40.9 Å². The largest absolute Gasteiger partial charge is 0.493 e. The number of carbonyl (C=O) groups excluding carboxylic acids is 2. The fourth-order valence-electron chi connectivity index (χ4n) is 5.57. The van der Waals surface area contributed by atoms with Crippen molar-refractivity contribution >= 4 is 22.6 Å². The lowest BCUT2D eigenvalue weighted by Gasteiger charge is -2.38. The lowest BCUT2D eigenvalue weighted by molar-refractivity contribution is -0.136. The number of ether oxygens (including phenoxy) is 3. The smallest absolute Gasteiger partial charge is 0.359 e. The van der Waals surface area contributed by atoms with Gasteiger partial charge in [0, 0.05) is 11.9 Å². The Kier molecular flexibility index (Phi) is 7.61. The normalized spacial score (nSPS) is 14.2. The zero-order chi connectivity index (χ0) is 29.9. The van der Waals surface area contributed by atoms with Crippen LogP contribution in [0.3, 0.4) is 0 Å². The third-order valence-corrected chi connectivity index (χ3v) is 7.64. The number of para-hydroxylation sites is 1. The van der Waals surface area contributed by atoms with Crippen molar-refractivity contribution in [3.05, 3.63) is 130 Å². The molecule has 0 radical (unpaired) electrons. The van der Waals surface area contributed by atoms with Crippen LogP contribution in [0.25, 0.3) is 16.5 Å². The molecule has 1 atom stereocenters. The van der Waals surface area contributed by atoms with Crippen LogP contribution in [-0.4, -0.2) is 53.9 Å². The van der Waals surface area contributed by atoms with Crippen LogP contribution in [0.15, 0.2) is 102 Å². The Hall–Kier alpha value is -5.44. The number of rotatable bonds is 7. The van der Waals surface area contributed by atoms with Gasteiger partial charge in [-0.2, -0.15) is 9.78 Å². The van der Waals surface area contributed by atoms with Crippen molar-refractivity contribution in [1.29, 1.82) is 0 Å². The first-order valence-electron chi connectivity index (χ1n) is 13.8. The summed E-state index contributed by atoms with van der Waals surface area (Å²) in [5.41, 5.74) is 2.97. The minimum absolute atomic E-state index is 0.0488. The Bertz CT molecular complexity index is 1870. The molecule has 0 fully saturated rings. The highest BCUT2D eigenvalue weighted by molar-refractivity contribution is 6.02. The summed E-state index contributed by atoms with van der Waals surface area (Å²) in [6, 6.07) is 28.7. The summed E-state index contributed by atoms with van der Waals surface area (Å²) >= 11 is 0. The van der Waals surface area contributed by atoms with Crippen LogP contribution in [0.4, 0.5) is 0 Å². The Labute approximate surface area is 247 Å². The minimum Gasteiger partial charge on any atom is -0.493 e. The van der Waals surface area contributed by atoms with E-state index in [9.17, 15) is 14.4 Å². The summed E-state index contributed by atoms with van der Waals surface area (Å²) in [5.74, 6) is 0.0327. The molecule has 0 saturated heterocycles. The minimum atomic E-state index is -0.797. The van der Waals surface area contributed by atoms with Crippen molar-refractivity contribution in [2.24, 2.45) is 0 Å². The molecular weight excluding hydrogens is 546 g/mol. The number of hydrogen-bond acceptors (Lipinski definition) is 7. The van der Waals surface area contributed by atoms with Gasteiger partial charge in [-0.25, -0.2) is 4.79 Å². The molecule has 0 saturated carbocycles. The molecule has 2 heterocycles. The number of benzene rings is 4. The Balaban J connectivity index is 1.31. The molecule has 9 heteroatoms. The highest BCUT2D eigenvalue weighted by Crippen LogP contribution is 2.41. The van der Waals surface area contributed by atoms with E-state index in [1.807, 2.05) is 48.5 Å². The summed E-state index contributed by atoms with van der Waals surface area (Å²) in [6.07, 6.45) is 0.590. The molecule has 216 valence electrons. The van der Waals surface area contributed by atoms with E-state index >= 15 is 0 Å². The molecule has 1 amide bonds. The highest BCUT2D eigenvalue weighted by atomic mass is 16.5. The van der Waals surface area contributed by atoms with Crippen molar-refractivity contribution in [1.82, 2.24) is 14.7 Å². The Morgan fingerprint density at radius 3 is 2.16 bits per heavy atom. The van der Waals surface area contributed by atoms with Crippen LogP contribution in [0.1, 0.15) is 33.2 Å². The van der Waals surface area contributed by atoms with Crippen LogP contribution in [0, 0.1) is 0 Å². The van der Waals surface area contributed by atoms with Gasteiger partial charge in [0.05, 0.1) is 31.3 Å². The van der Waals surface area contributed by atoms with Gasteiger partial charge in [-0.1, -0.05) is 66.7 Å². The van der Waals surface area contributed by atoms with Crippen LogP contribution >= 0.6 is 0 Å². The number of aromatic nitrogens is 2. The predicted molar refractivity (Wildman–Crippen MR) is 161 cm³/mol. The van der Waals surface area contributed by atoms with Crippen molar-refractivity contribution < 1.29 is 23.8 Å². The van der Waals surface area contributed by atoms with E-state index in [1.165, 1.54) is 4.68 Å². The second-order valence-electron chi connectivity index (χ2n) is 10.1. The zero-order valence-corrected chi connectivity index (χ0v) is 23.7. The van der Waals surface area contributed by atoms with Crippen LogP contribution in [0.2, 0.25) is 0 Å². The van der Waals surface area contributed by atoms with Gasteiger partial charge in [0.15, 0.2) is 23.8 Å². The maximum absolute atomic E-state index is 13.7. The Morgan fingerprint density at radius 1 is 0.837 bits per heavy atom. The topological polar surface area (TPSA) is 100.0 Å². The molecule has 0 N–H and O–H groups in total. The number of nitrogens with zero attached hydrogens (tertiary/aromatic N) is 3. The van der Waals surface area contributed by atoms with Crippen molar-refractivity contribution in [3.63, 3.8) is 0 Å². The van der Waals surface area contributed by atoms with Crippen molar-refractivity contribution in [2.75, 3.05) is 27.4 Å². The first-order valence-corrected chi connectivity index (χ1v) is 13.8. The SMILES string of the molecule is COc1cc2c(cc1OC)C(c1ccccc1)N(C(=O)COC(=O)c1nn(-c3ccccc3)c(=O)c3ccccc13)CC2. The molecule has 1 unspecified atom stereocenters. The number of amides is 1. The maximum atomic E-state index is 13.7. The third-order valence-electron chi connectivity index (χ3n) is 7.64. The van der Waals surface area contributed by atoms with E-state index in [0.717, 1.165) is 16.7 Å². The predicted octanol–water partition coefficient (Wildman–Crippen LogP) is 4.73. The number of fused-ring (bicyclic) bond motifs is 2. The molecule has 5 aromatic rings. The van der Waals surface area contributed by atoms with E-state index in [2.05, 4.69) is 5.10 Å². The molecule has 1 aliphatic heterocycles. The van der Waals surface area contributed by atoms with Gasteiger partial charge in [0.1, 0.15) is 0 Å². The van der Waals surface area contributed by atoms with Crippen LogP contribution in [-0.2, 0) is 16.0 Å². The first-order chi connectivity index (χ1) is 21.0. The average molecular weight is 576 g/mol. The second kappa shape index (κ2) is 11.8. The monoisotopic (exact) mass is 575 g/mol. The molecule has 9 nitrogen and oxygen atoms in total. The number of hydrogen-bond donors (Lipinski definition) is 0. The molecule has 43 heavy (non-hydrogen) atoms. The van der Waals surface area contributed by atoms with E-state index in [4.69, 9.17) is 14.2 Å². The molecule has 0 spiro atoms. The zero-order valence-electron chi connectivity index (χ0n) is 23.7. The lowest BCUT2D eigenvalue weighted by Crippen LogP contribution is -2.42. The summed E-state index contributed by atoms with van der Waals surface area (Å²) in [4.78, 5) is 42.1. The van der Waals surface area contributed by atoms with Gasteiger partial charge in [-0.15, -0.1) is 0 Å². The highest BCUT2D eigenvalue weighted by Gasteiger charge is 2.34. The van der Waals surface area contributed by atoms with E-state index < -0.39 is 18.6 Å². The van der Waals surface area contributed by atoms with Crippen LogP contribution in [0.5, 0.6) is 11.5 Å². The van der Waals surface area contributed by atoms with Gasteiger partial charge >= 0.3 is 5.97 Å². The molecule has 1 aliphatic rings. The molecule has 0 bridgehead atoms. The second-order valence-corrected chi connectivity index (χ2v) is 10.1. The summed E-state index contributed by atoms with van der Waals surface area (Å²) in [6.45, 7) is -0.0796. The number of methoxy groups -OCH3 is 2. The molecule has 6 rings (SSSR count). The lowest BCUT2D eigenvalue weighted by atomic mass is 9.87. The van der Waals surface area contributed by atoms with Crippen LogP contribution < -0.4 is 15.0 Å². The van der Waals surface area contributed by atoms with Crippen molar-refractivity contribution in [3.8, 4) is 17.2 Å². The molecule has 0 aliphatic carbocycles. The average Bonchev–Trinajstić information content (AvgIpc) is 3.06. The Morgan fingerprint density at radius 2 is 1.47 bits per heavy atom. The summed E-state index contributed by atoms with van der Waals surface area (Å²) in [7, 11) is 3.17. The molecular formula is C34H29N3O6. The summed E-state index contributed by atoms with van der Waals surface area (Å²) < 4.78 is 17.8. The third kappa shape index (κ3) is 5.21. The van der Waals surface area contributed by atoms with Crippen molar-refractivity contribution in [2.45, 2.75) is 12.5 Å². The fraction of sp³-hybridized carbons (Fsp3) is 0.176. The first kappa shape index (κ1) is 27.7. The standard InChI is InChI=1S/C34H29N3O6/c1-41-28-19-23-17-18-36(32(22-11-5-3-6-12-22)27(23)20-29(28)42-2)30(38)21-43-34(40)31-25-15-9-10-16-26(25)33(39)37(35-31)24-13-7-4-8-14-24/h3-16,19-20,32H,17-18,21H2,1-2H3. The quantitative estimate of drug-likeness (QED) is 0.259. The summed E-state index contributed by atoms with van der Waals surface area (Å²) in [5, 5.41) is 5.04. The van der Waals surface area contributed by atoms with Gasteiger partial charge in [-0.3, -0.25) is 9.59 Å². The maximum Gasteiger partial charge on any atom is 0.359 e. The van der Waals surface area contributed by atoms with Gasteiger partial charge in [0.2, 0.25) is 0 Å². The fourth-order valence-corrected chi connectivity index (χ4v) is 5.57. The van der Waals surface area contributed by atoms with Gasteiger partial charge in [0.25, 0.3) is 11.5 Å². The number of esters is 1. The van der Waals surface area contributed by atoms with E-state index in [-0.39, 0.29) is 17.2 Å². The number of carbonyl (C=O) groups is 2. The molecule has 1 aromatic heterocycles.